The van der Waals surface area contributed by atoms with Crippen LogP contribution in [0.5, 0.6) is 11.5 Å². The molecule has 26 heavy (non-hydrogen) atoms. The number of hydrogen-bond donors (Lipinski definition) is 1. The topological polar surface area (TPSA) is 50.8 Å². The number of nitrogens with zero attached hydrogens (tertiary/aromatic N) is 1. The van der Waals surface area contributed by atoms with Crippen LogP contribution in [0.25, 0.3) is 0 Å². The van der Waals surface area contributed by atoms with E-state index in [2.05, 4.69) is 43.1 Å². The maximum absolute atomic E-state index is 12.4. The second kappa shape index (κ2) is 8.56. The van der Waals surface area contributed by atoms with E-state index in [1.807, 2.05) is 24.3 Å². The molecule has 1 unspecified atom stereocenters. The summed E-state index contributed by atoms with van der Waals surface area (Å²) >= 11 is 1.78. The number of carbonyl (C=O) groups excluding carboxylic acids is 1. The Morgan fingerprint density at radius 3 is 2.73 bits per heavy atom. The Balaban J connectivity index is 1.48. The molecule has 1 aliphatic rings. The van der Waals surface area contributed by atoms with Gasteiger partial charge < -0.3 is 14.8 Å². The molecule has 5 nitrogen and oxygen atoms in total. The number of benzene rings is 1. The van der Waals surface area contributed by atoms with E-state index in [1.165, 1.54) is 9.75 Å². The third-order valence-electron chi connectivity index (χ3n) is 4.33. The van der Waals surface area contributed by atoms with Gasteiger partial charge in [0.2, 0.25) is 5.91 Å². The number of hydrogen-bond acceptors (Lipinski definition) is 5. The lowest BCUT2D eigenvalue weighted by Gasteiger charge is -2.28. The maximum Gasteiger partial charge on any atom is 0.234 e. The van der Waals surface area contributed by atoms with Crippen LogP contribution in [0.3, 0.4) is 0 Å². The van der Waals surface area contributed by atoms with Crippen molar-refractivity contribution in [2.45, 2.75) is 39.5 Å². The Hall–Kier alpha value is -2.05. The molecule has 140 valence electrons. The molecule has 1 aromatic carbocycles. The van der Waals surface area contributed by atoms with E-state index in [9.17, 15) is 4.79 Å². The number of nitrogens with one attached hydrogen (secondary N) is 1. The normalized spacial score (nSPS) is 16.1. The first-order valence-electron chi connectivity index (χ1n) is 8.96. The van der Waals surface area contributed by atoms with Crippen molar-refractivity contribution in [1.82, 2.24) is 10.2 Å². The van der Waals surface area contributed by atoms with Crippen molar-refractivity contribution in [3.63, 3.8) is 0 Å². The van der Waals surface area contributed by atoms with E-state index in [1.54, 1.807) is 11.3 Å². The van der Waals surface area contributed by atoms with Gasteiger partial charge in [-0.15, -0.1) is 11.3 Å². The highest BCUT2D eigenvalue weighted by atomic mass is 32.1. The van der Waals surface area contributed by atoms with Crippen molar-refractivity contribution >= 4 is 17.2 Å². The molecular formula is C20H26N2O3S. The van der Waals surface area contributed by atoms with Crippen LogP contribution in [0.15, 0.2) is 36.4 Å². The average molecular weight is 375 g/mol. The van der Waals surface area contributed by atoms with Crippen LogP contribution in [0.4, 0.5) is 0 Å². The van der Waals surface area contributed by atoms with E-state index in [-0.39, 0.29) is 12.0 Å². The number of para-hydroxylation sites is 2. The molecule has 6 heteroatoms. The maximum atomic E-state index is 12.4. The summed E-state index contributed by atoms with van der Waals surface area (Å²) in [6.45, 7) is 8.38. The standard InChI is InChI=1S/C20H26N2O3S/c1-14(2)22(11-17-9-8-15(3)26-17)12-20(23)21-10-16-13-24-18-6-4-5-7-19(18)25-16/h4-9,14,16H,10-13H2,1-3H3,(H,21,23). The van der Waals surface area contributed by atoms with Crippen molar-refractivity contribution in [2.24, 2.45) is 0 Å². The molecule has 1 N–H and O–H groups in total. The van der Waals surface area contributed by atoms with Gasteiger partial charge >= 0.3 is 0 Å². The van der Waals surface area contributed by atoms with Gasteiger partial charge in [0.25, 0.3) is 0 Å². The molecule has 1 aliphatic heterocycles. The molecule has 0 spiro atoms. The zero-order valence-electron chi connectivity index (χ0n) is 15.5. The molecule has 2 heterocycles. The third kappa shape index (κ3) is 4.99. The largest absolute Gasteiger partial charge is 0.486 e. The first-order chi connectivity index (χ1) is 12.5. The SMILES string of the molecule is Cc1ccc(CN(CC(=O)NCC2COc3ccccc3O2)C(C)C)s1. The first kappa shape index (κ1) is 18.7. The van der Waals surface area contributed by atoms with Crippen LogP contribution in [0, 0.1) is 6.92 Å². The van der Waals surface area contributed by atoms with Gasteiger partial charge in [-0.25, -0.2) is 0 Å². The van der Waals surface area contributed by atoms with Crippen LogP contribution in [0.2, 0.25) is 0 Å². The fourth-order valence-corrected chi connectivity index (χ4v) is 3.74. The van der Waals surface area contributed by atoms with Crippen molar-refractivity contribution < 1.29 is 14.3 Å². The van der Waals surface area contributed by atoms with Gasteiger partial charge in [0.15, 0.2) is 11.5 Å². The summed E-state index contributed by atoms with van der Waals surface area (Å²) in [5.74, 6) is 1.50. The number of fused-ring (bicyclic) bond motifs is 1. The fourth-order valence-electron chi connectivity index (χ4n) is 2.82. The molecule has 1 amide bonds. The summed E-state index contributed by atoms with van der Waals surface area (Å²) < 4.78 is 11.6. The van der Waals surface area contributed by atoms with Crippen molar-refractivity contribution in [3.05, 3.63) is 46.2 Å². The number of amides is 1. The van der Waals surface area contributed by atoms with E-state index in [0.717, 1.165) is 18.0 Å². The number of carbonyl (C=O) groups is 1. The van der Waals surface area contributed by atoms with Gasteiger partial charge in [0.1, 0.15) is 12.7 Å². The minimum Gasteiger partial charge on any atom is -0.486 e. The monoisotopic (exact) mass is 374 g/mol. The lowest BCUT2D eigenvalue weighted by molar-refractivity contribution is -0.123. The quantitative estimate of drug-likeness (QED) is 0.808. The number of aryl methyl sites for hydroxylation is 1. The summed E-state index contributed by atoms with van der Waals surface area (Å²) in [5.41, 5.74) is 0. The summed E-state index contributed by atoms with van der Waals surface area (Å²) in [6, 6.07) is 12.2. The summed E-state index contributed by atoms with van der Waals surface area (Å²) in [6.07, 6.45) is -0.165. The van der Waals surface area contributed by atoms with Crippen LogP contribution in [0.1, 0.15) is 23.6 Å². The van der Waals surface area contributed by atoms with Crippen LogP contribution < -0.4 is 14.8 Å². The molecule has 1 atom stereocenters. The van der Waals surface area contributed by atoms with Crippen molar-refractivity contribution in [1.29, 1.82) is 0 Å². The van der Waals surface area contributed by atoms with Gasteiger partial charge in [-0.1, -0.05) is 12.1 Å². The molecule has 3 rings (SSSR count). The molecule has 0 radical (unpaired) electrons. The summed E-state index contributed by atoms with van der Waals surface area (Å²) in [7, 11) is 0. The van der Waals surface area contributed by atoms with Gasteiger partial charge in [-0.3, -0.25) is 9.69 Å². The van der Waals surface area contributed by atoms with Crippen molar-refractivity contribution in [2.75, 3.05) is 19.7 Å². The van der Waals surface area contributed by atoms with Gasteiger partial charge in [0.05, 0.1) is 13.1 Å². The second-order valence-electron chi connectivity index (χ2n) is 6.81. The van der Waals surface area contributed by atoms with E-state index >= 15 is 0 Å². The lowest BCUT2D eigenvalue weighted by atomic mass is 10.2. The van der Waals surface area contributed by atoms with Gasteiger partial charge in [-0.05, 0) is 45.0 Å². The number of rotatable bonds is 7. The molecule has 0 saturated heterocycles. The zero-order chi connectivity index (χ0) is 18.5. The first-order valence-corrected chi connectivity index (χ1v) is 9.77. The Morgan fingerprint density at radius 2 is 2.04 bits per heavy atom. The zero-order valence-corrected chi connectivity index (χ0v) is 16.3. The molecule has 0 fully saturated rings. The van der Waals surface area contributed by atoms with E-state index in [4.69, 9.17) is 9.47 Å². The third-order valence-corrected chi connectivity index (χ3v) is 5.31. The minimum atomic E-state index is -0.165. The Kier molecular flexibility index (Phi) is 6.16. The second-order valence-corrected chi connectivity index (χ2v) is 8.19. The number of ether oxygens (including phenoxy) is 2. The highest BCUT2D eigenvalue weighted by Crippen LogP contribution is 2.30. The van der Waals surface area contributed by atoms with Crippen LogP contribution >= 0.6 is 11.3 Å². The molecule has 0 saturated carbocycles. The minimum absolute atomic E-state index is 0.00874. The highest BCUT2D eigenvalue weighted by Gasteiger charge is 2.22. The van der Waals surface area contributed by atoms with Gasteiger partial charge in [-0.2, -0.15) is 0 Å². The molecule has 1 aromatic heterocycles. The predicted octanol–water partition coefficient (Wildman–Crippen LogP) is 3.22. The Labute approximate surface area is 158 Å². The van der Waals surface area contributed by atoms with Crippen LogP contribution in [-0.2, 0) is 11.3 Å². The summed E-state index contributed by atoms with van der Waals surface area (Å²) in [5, 5.41) is 2.98. The van der Waals surface area contributed by atoms with Crippen LogP contribution in [-0.4, -0.2) is 42.6 Å². The molecule has 0 aliphatic carbocycles. The van der Waals surface area contributed by atoms with E-state index < -0.39 is 0 Å². The smallest absolute Gasteiger partial charge is 0.234 e. The predicted molar refractivity (Wildman–Crippen MR) is 104 cm³/mol. The number of thiophene rings is 1. The van der Waals surface area contributed by atoms with Crippen molar-refractivity contribution in [3.8, 4) is 11.5 Å². The lowest BCUT2D eigenvalue weighted by Crippen LogP contribution is -2.45. The molecular weight excluding hydrogens is 348 g/mol. The fraction of sp³-hybridized carbons (Fsp3) is 0.450. The molecule has 0 bridgehead atoms. The Bertz CT molecular complexity index is 744. The van der Waals surface area contributed by atoms with E-state index in [0.29, 0.717) is 25.7 Å². The Morgan fingerprint density at radius 1 is 1.27 bits per heavy atom. The molecule has 2 aromatic rings. The van der Waals surface area contributed by atoms with Gasteiger partial charge in [0, 0.05) is 22.3 Å². The average Bonchev–Trinajstić information content (AvgIpc) is 3.04. The summed E-state index contributed by atoms with van der Waals surface area (Å²) in [4.78, 5) is 17.1. The highest BCUT2D eigenvalue weighted by molar-refractivity contribution is 7.11.